The third-order valence-electron chi connectivity index (χ3n) is 1.48. The number of rotatable bonds is 1. The third-order valence-corrected chi connectivity index (χ3v) is 3.20. The minimum atomic E-state index is -3.29. The summed E-state index contributed by atoms with van der Waals surface area (Å²) in [6, 6.07) is 2.55. The fourth-order valence-corrected chi connectivity index (χ4v) is 2.06. The van der Waals surface area contributed by atoms with Crippen LogP contribution >= 0.6 is 23.2 Å². The van der Waals surface area contributed by atoms with Crippen molar-refractivity contribution < 1.29 is 8.42 Å². The highest BCUT2D eigenvalue weighted by atomic mass is 35.5. The Kier molecular flexibility index (Phi) is 2.75. The molecule has 3 nitrogen and oxygen atoms in total. The Morgan fingerprint density at radius 1 is 1.23 bits per heavy atom. The quantitative estimate of drug-likeness (QED) is 0.763. The number of hydrogen-bond acceptors (Lipinski definition) is 3. The summed E-state index contributed by atoms with van der Waals surface area (Å²) < 4.78 is 22.2. The van der Waals surface area contributed by atoms with Crippen LogP contribution in [0.5, 0.6) is 0 Å². The van der Waals surface area contributed by atoms with Crippen molar-refractivity contribution in [3.05, 3.63) is 22.2 Å². The minimum absolute atomic E-state index is 0.0664. The van der Waals surface area contributed by atoms with Crippen LogP contribution in [0.1, 0.15) is 0 Å². The maximum absolute atomic E-state index is 11.1. The molecule has 1 aromatic carbocycles. The van der Waals surface area contributed by atoms with Crippen molar-refractivity contribution >= 4 is 38.7 Å². The van der Waals surface area contributed by atoms with Gasteiger partial charge >= 0.3 is 0 Å². The molecule has 0 radical (unpaired) electrons. The highest BCUT2D eigenvalue weighted by Gasteiger charge is 2.11. The molecule has 1 rings (SSSR count). The molecular formula is C7H7Cl2NO2S. The molecule has 0 spiro atoms. The number of hydrogen-bond donors (Lipinski definition) is 1. The van der Waals surface area contributed by atoms with Gasteiger partial charge in [0.15, 0.2) is 9.84 Å². The van der Waals surface area contributed by atoms with Gasteiger partial charge in [-0.05, 0) is 12.1 Å². The highest BCUT2D eigenvalue weighted by Crippen LogP contribution is 2.30. The summed E-state index contributed by atoms with van der Waals surface area (Å²) >= 11 is 11.3. The van der Waals surface area contributed by atoms with Crippen LogP contribution in [0.3, 0.4) is 0 Å². The first-order valence-electron chi connectivity index (χ1n) is 3.27. The van der Waals surface area contributed by atoms with Crippen molar-refractivity contribution in [2.75, 3.05) is 12.0 Å². The lowest BCUT2D eigenvalue weighted by Crippen LogP contribution is -1.98. The van der Waals surface area contributed by atoms with Crippen molar-refractivity contribution in [2.45, 2.75) is 4.90 Å². The van der Waals surface area contributed by atoms with E-state index in [0.29, 0.717) is 0 Å². The predicted octanol–water partition coefficient (Wildman–Crippen LogP) is 1.98. The Balaban J connectivity index is 3.47. The summed E-state index contributed by atoms with van der Waals surface area (Å²) in [5.41, 5.74) is 5.63. The summed E-state index contributed by atoms with van der Waals surface area (Å²) in [6.07, 6.45) is 1.07. The van der Waals surface area contributed by atoms with Gasteiger partial charge in [-0.15, -0.1) is 0 Å². The van der Waals surface area contributed by atoms with Crippen LogP contribution in [0.2, 0.25) is 10.0 Å². The van der Waals surface area contributed by atoms with Crippen LogP contribution < -0.4 is 5.73 Å². The number of sulfone groups is 1. The molecule has 0 atom stereocenters. The summed E-state index contributed by atoms with van der Waals surface area (Å²) in [5, 5.41) is 0.292. The zero-order valence-corrected chi connectivity index (χ0v) is 9.04. The van der Waals surface area contributed by atoms with Crippen LogP contribution in [0.4, 0.5) is 5.69 Å². The van der Waals surface area contributed by atoms with E-state index >= 15 is 0 Å². The van der Waals surface area contributed by atoms with E-state index in [1.54, 1.807) is 0 Å². The Labute approximate surface area is 86.4 Å². The first-order valence-corrected chi connectivity index (χ1v) is 5.91. The maximum Gasteiger partial charge on any atom is 0.175 e. The Hall–Kier alpha value is -0.450. The van der Waals surface area contributed by atoms with Gasteiger partial charge in [0.1, 0.15) is 0 Å². The zero-order valence-electron chi connectivity index (χ0n) is 6.71. The zero-order chi connectivity index (χ0) is 10.2. The fourth-order valence-electron chi connectivity index (χ4n) is 0.775. The molecule has 0 unspecified atom stereocenters. The van der Waals surface area contributed by atoms with Gasteiger partial charge in [0.05, 0.1) is 20.6 Å². The Morgan fingerprint density at radius 2 is 1.62 bits per heavy atom. The van der Waals surface area contributed by atoms with E-state index in [9.17, 15) is 8.42 Å². The van der Waals surface area contributed by atoms with Crippen LogP contribution in [-0.4, -0.2) is 14.7 Å². The van der Waals surface area contributed by atoms with Crippen molar-refractivity contribution in [1.29, 1.82) is 0 Å². The number of anilines is 1. The topological polar surface area (TPSA) is 60.2 Å². The first-order chi connectivity index (χ1) is 5.82. The third kappa shape index (κ3) is 2.27. The number of halogens is 2. The molecule has 0 aliphatic carbocycles. The molecule has 72 valence electrons. The largest absolute Gasteiger partial charge is 0.396 e. The predicted molar refractivity (Wildman–Crippen MR) is 54.0 cm³/mol. The standard InChI is InChI=1S/C7H7Cl2NO2S/c1-13(11,12)4-2-5(8)7(10)6(9)3-4/h2-3H,10H2,1H3. The average Bonchev–Trinajstić information content (AvgIpc) is 1.97. The molecule has 6 heteroatoms. The number of nitrogen functional groups attached to an aromatic ring is 1. The van der Waals surface area contributed by atoms with E-state index in [4.69, 9.17) is 28.9 Å². The van der Waals surface area contributed by atoms with E-state index in [0.717, 1.165) is 6.26 Å². The lowest BCUT2D eigenvalue weighted by atomic mass is 10.3. The molecule has 0 bridgehead atoms. The van der Waals surface area contributed by atoms with Gasteiger partial charge in [-0.2, -0.15) is 0 Å². The second-order valence-electron chi connectivity index (χ2n) is 2.57. The van der Waals surface area contributed by atoms with Crippen molar-refractivity contribution in [1.82, 2.24) is 0 Å². The molecule has 0 amide bonds. The molecule has 2 N–H and O–H groups in total. The van der Waals surface area contributed by atoms with E-state index < -0.39 is 9.84 Å². The van der Waals surface area contributed by atoms with E-state index in [2.05, 4.69) is 0 Å². The highest BCUT2D eigenvalue weighted by molar-refractivity contribution is 7.90. The second-order valence-corrected chi connectivity index (χ2v) is 5.40. The molecule has 0 aromatic heterocycles. The van der Waals surface area contributed by atoms with Crippen molar-refractivity contribution in [3.63, 3.8) is 0 Å². The summed E-state index contributed by atoms with van der Waals surface area (Å²) in [6.45, 7) is 0. The molecule has 13 heavy (non-hydrogen) atoms. The van der Waals surface area contributed by atoms with E-state index in [-0.39, 0.29) is 20.6 Å². The molecule has 0 fully saturated rings. The lowest BCUT2D eigenvalue weighted by molar-refractivity contribution is 0.602. The van der Waals surface area contributed by atoms with Gasteiger partial charge in [-0.3, -0.25) is 0 Å². The summed E-state index contributed by atoms with van der Waals surface area (Å²) in [5.74, 6) is 0. The summed E-state index contributed by atoms with van der Waals surface area (Å²) in [7, 11) is -3.29. The van der Waals surface area contributed by atoms with Gasteiger partial charge in [-0.25, -0.2) is 8.42 Å². The van der Waals surface area contributed by atoms with Crippen LogP contribution in [0.15, 0.2) is 17.0 Å². The fraction of sp³-hybridized carbons (Fsp3) is 0.143. The average molecular weight is 240 g/mol. The number of benzene rings is 1. The first kappa shape index (κ1) is 10.6. The molecule has 0 aliphatic heterocycles. The number of nitrogens with two attached hydrogens (primary N) is 1. The molecule has 0 saturated heterocycles. The molecule has 0 aliphatic rings. The van der Waals surface area contributed by atoms with Gasteiger partial charge in [0.25, 0.3) is 0 Å². The van der Waals surface area contributed by atoms with Crippen LogP contribution in [0.25, 0.3) is 0 Å². The van der Waals surface area contributed by atoms with Crippen molar-refractivity contribution in [2.24, 2.45) is 0 Å². The monoisotopic (exact) mass is 239 g/mol. The van der Waals surface area contributed by atoms with E-state index in [1.807, 2.05) is 0 Å². The van der Waals surface area contributed by atoms with Gasteiger partial charge < -0.3 is 5.73 Å². The molecule has 1 aromatic rings. The second kappa shape index (κ2) is 3.36. The molecule has 0 heterocycles. The minimum Gasteiger partial charge on any atom is -0.396 e. The lowest BCUT2D eigenvalue weighted by Gasteiger charge is -2.03. The normalized spacial score (nSPS) is 11.6. The Bertz CT molecular complexity index is 419. The van der Waals surface area contributed by atoms with Crippen molar-refractivity contribution in [3.8, 4) is 0 Å². The maximum atomic E-state index is 11.1. The Morgan fingerprint density at radius 3 is 1.92 bits per heavy atom. The van der Waals surface area contributed by atoms with Crippen LogP contribution in [-0.2, 0) is 9.84 Å². The van der Waals surface area contributed by atoms with Gasteiger partial charge in [0, 0.05) is 6.26 Å². The SMILES string of the molecule is CS(=O)(=O)c1cc(Cl)c(N)c(Cl)c1. The van der Waals surface area contributed by atoms with Crippen LogP contribution in [0, 0.1) is 0 Å². The smallest absolute Gasteiger partial charge is 0.175 e. The van der Waals surface area contributed by atoms with Gasteiger partial charge in [0.2, 0.25) is 0 Å². The summed E-state index contributed by atoms with van der Waals surface area (Å²) in [4.78, 5) is 0.0664. The van der Waals surface area contributed by atoms with E-state index in [1.165, 1.54) is 12.1 Å². The molecular weight excluding hydrogens is 233 g/mol. The molecule has 0 saturated carbocycles. The van der Waals surface area contributed by atoms with Gasteiger partial charge in [-0.1, -0.05) is 23.2 Å².